The molecule has 3 aromatic heterocycles. The highest BCUT2D eigenvalue weighted by atomic mass is 32.2. The Morgan fingerprint density at radius 3 is 2.79 bits per heavy atom. The molecule has 0 saturated carbocycles. The van der Waals surface area contributed by atoms with Gasteiger partial charge in [0.25, 0.3) is 0 Å². The van der Waals surface area contributed by atoms with Gasteiger partial charge in [-0.1, -0.05) is 48.5 Å². The van der Waals surface area contributed by atoms with Crippen molar-refractivity contribution in [2.45, 2.75) is 43.1 Å². The van der Waals surface area contributed by atoms with Gasteiger partial charge in [0, 0.05) is 35.9 Å². The molecule has 168 valence electrons. The molecule has 1 aliphatic heterocycles. The highest BCUT2D eigenvalue weighted by Gasteiger charge is 2.22. The fraction of sp³-hybridized carbons (Fsp3) is 0.292. The molecule has 0 unspecified atom stereocenters. The summed E-state index contributed by atoms with van der Waals surface area (Å²) in [4.78, 5) is 23.5. The van der Waals surface area contributed by atoms with Crippen molar-refractivity contribution in [1.29, 1.82) is 0 Å². The van der Waals surface area contributed by atoms with Gasteiger partial charge in [-0.2, -0.15) is 0 Å². The average Bonchev–Trinajstić information content (AvgIpc) is 3.44. The van der Waals surface area contributed by atoms with Crippen molar-refractivity contribution in [3.05, 3.63) is 71.8 Å². The maximum atomic E-state index is 12.5. The number of amides is 1. The lowest BCUT2D eigenvalue weighted by molar-refractivity contribution is -0.131. The highest BCUT2D eigenvalue weighted by Crippen LogP contribution is 2.29. The van der Waals surface area contributed by atoms with Crippen LogP contribution in [0.2, 0.25) is 0 Å². The molecule has 0 radical (unpaired) electrons. The molecule has 4 heterocycles. The van der Waals surface area contributed by atoms with Crippen LogP contribution in [-0.2, 0) is 17.1 Å². The Bertz CT molecular complexity index is 1210. The van der Waals surface area contributed by atoms with Gasteiger partial charge in [0.05, 0.1) is 24.1 Å². The molecule has 9 heteroatoms. The van der Waals surface area contributed by atoms with E-state index in [-0.39, 0.29) is 5.91 Å². The minimum Gasteiger partial charge on any atom is -0.335 e. The van der Waals surface area contributed by atoms with Gasteiger partial charge in [0.1, 0.15) is 5.01 Å². The molecule has 0 spiro atoms. The normalized spacial score (nSPS) is 14.4. The zero-order valence-corrected chi connectivity index (χ0v) is 19.8. The Labute approximate surface area is 200 Å². The van der Waals surface area contributed by atoms with E-state index in [1.54, 1.807) is 35.5 Å². The van der Waals surface area contributed by atoms with Crippen LogP contribution in [0.5, 0.6) is 0 Å². The molecule has 1 amide bonds. The number of pyridine rings is 1. The predicted molar refractivity (Wildman–Crippen MR) is 130 cm³/mol. The minimum absolute atomic E-state index is 0.193. The number of benzene rings is 1. The number of thiazole rings is 1. The third-order valence-electron chi connectivity index (χ3n) is 5.53. The smallest absolute Gasteiger partial charge is 0.222 e. The summed E-state index contributed by atoms with van der Waals surface area (Å²) in [5, 5.41) is 12.8. The zero-order chi connectivity index (χ0) is 22.5. The predicted octanol–water partition coefficient (Wildman–Crippen LogP) is 4.98. The first-order chi connectivity index (χ1) is 16.3. The van der Waals surface area contributed by atoms with E-state index >= 15 is 0 Å². The zero-order valence-electron chi connectivity index (χ0n) is 18.1. The summed E-state index contributed by atoms with van der Waals surface area (Å²) in [5.74, 6) is 1.63. The van der Waals surface area contributed by atoms with Gasteiger partial charge in [-0.25, -0.2) is 4.98 Å². The summed E-state index contributed by atoms with van der Waals surface area (Å²) in [6.07, 6.45) is 7.25. The van der Waals surface area contributed by atoms with Gasteiger partial charge in [0.15, 0.2) is 11.0 Å². The monoisotopic (exact) mass is 476 g/mol. The average molecular weight is 477 g/mol. The maximum Gasteiger partial charge on any atom is 0.222 e. The molecule has 0 bridgehead atoms. The molecule has 7 nitrogen and oxygen atoms in total. The van der Waals surface area contributed by atoms with E-state index in [9.17, 15) is 4.79 Å². The molecule has 1 aliphatic rings. The molecular formula is C24H24N6OS2. The largest absolute Gasteiger partial charge is 0.335 e. The van der Waals surface area contributed by atoms with Gasteiger partial charge in [-0.3, -0.25) is 14.3 Å². The van der Waals surface area contributed by atoms with Crippen molar-refractivity contribution < 1.29 is 4.79 Å². The molecule has 0 aliphatic carbocycles. The summed E-state index contributed by atoms with van der Waals surface area (Å²) in [7, 11) is 0. The lowest BCUT2D eigenvalue weighted by Crippen LogP contribution is -2.31. The fourth-order valence-electron chi connectivity index (χ4n) is 3.84. The third kappa shape index (κ3) is 5.15. The second kappa shape index (κ2) is 10.3. The van der Waals surface area contributed by atoms with Gasteiger partial charge in [-0.15, -0.1) is 21.5 Å². The Balaban J connectivity index is 1.37. The molecule has 33 heavy (non-hydrogen) atoms. The van der Waals surface area contributed by atoms with Crippen LogP contribution in [0.15, 0.2) is 65.4 Å². The van der Waals surface area contributed by atoms with Crippen LogP contribution in [0.4, 0.5) is 0 Å². The number of thioether (sulfide) groups is 1. The van der Waals surface area contributed by atoms with E-state index in [4.69, 9.17) is 4.98 Å². The summed E-state index contributed by atoms with van der Waals surface area (Å²) >= 11 is 3.24. The first kappa shape index (κ1) is 21.8. The summed E-state index contributed by atoms with van der Waals surface area (Å²) in [5.41, 5.74) is 3.03. The quantitative estimate of drug-likeness (QED) is 0.350. The van der Waals surface area contributed by atoms with Crippen molar-refractivity contribution in [3.63, 3.8) is 0 Å². The number of hydrogen-bond acceptors (Lipinski definition) is 7. The van der Waals surface area contributed by atoms with Gasteiger partial charge >= 0.3 is 0 Å². The Kier molecular flexibility index (Phi) is 6.78. The number of aromatic nitrogens is 5. The minimum atomic E-state index is 0.193. The highest BCUT2D eigenvalue weighted by molar-refractivity contribution is 7.98. The van der Waals surface area contributed by atoms with E-state index < -0.39 is 0 Å². The Morgan fingerprint density at radius 2 is 1.94 bits per heavy atom. The first-order valence-corrected chi connectivity index (χ1v) is 12.9. The van der Waals surface area contributed by atoms with Crippen molar-refractivity contribution in [2.24, 2.45) is 0 Å². The molecule has 5 rings (SSSR count). The van der Waals surface area contributed by atoms with E-state index in [1.807, 2.05) is 39.8 Å². The van der Waals surface area contributed by atoms with Crippen LogP contribution >= 0.6 is 23.1 Å². The molecule has 1 aromatic carbocycles. The number of carbonyl (C=O) groups excluding carboxylic acids is 1. The molecule has 1 saturated heterocycles. The van der Waals surface area contributed by atoms with Crippen LogP contribution in [0, 0.1) is 0 Å². The lowest BCUT2D eigenvalue weighted by Gasteiger charge is -2.20. The molecule has 0 N–H and O–H groups in total. The van der Waals surface area contributed by atoms with Crippen LogP contribution in [0.1, 0.15) is 37.2 Å². The molecule has 1 fully saturated rings. The van der Waals surface area contributed by atoms with Crippen LogP contribution < -0.4 is 0 Å². The van der Waals surface area contributed by atoms with E-state index in [0.717, 1.165) is 58.7 Å². The molecule has 4 aromatic rings. The second-order valence-corrected chi connectivity index (χ2v) is 9.67. The topological polar surface area (TPSA) is 76.8 Å². The Hall–Kier alpha value is -3.04. The van der Waals surface area contributed by atoms with Crippen LogP contribution in [0.25, 0.3) is 16.3 Å². The van der Waals surface area contributed by atoms with E-state index in [2.05, 4.69) is 32.7 Å². The van der Waals surface area contributed by atoms with Gasteiger partial charge in [-0.05, 0) is 25.0 Å². The number of likely N-dealkylation sites (tertiary alicyclic amines) is 1. The second-order valence-electron chi connectivity index (χ2n) is 7.87. The number of carbonyl (C=O) groups is 1. The van der Waals surface area contributed by atoms with E-state index in [1.165, 1.54) is 0 Å². The van der Waals surface area contributed by atoms with Crippen molar-refractivity contribution in [3.8, 4) is 16.3 Å². The summed E-state index contributed by atoms with van der Waals surface area (Å²) in [6, 6.07) is 14.1. The summed E-state index contributed by atoms with van der Waals surface area (Å²) in [6.45, 7) is 1.22. The van der Waals surface area contributed by atoms with Crippen LogP contribution in [0.3, 0.4) is 0 Å². The first-order valence-electron chi connectivity index (χ1n) is 11.0. The van der Waals surface area contributed by atoms with Gasteiger partial charge < -0.3 is 4.90 Å². The standard InChI is InChI=1S/C24H24N6OS2/c31-22-11-5-2-6-13-29(22)15-21-27-28-24(30(21)20-10-7-12-25-14-20)33-17-19-16-32-23(26-19)18-8-3-1-4-9-18/h1,3-4,7-10,12,14,16H,2,5-6,11,13,15,17H2. The van der Waals surface area contributed by atoms with Crippen molar-refractivity contribution in [2.75, 3.05) is 6.54 Å². The maximum absolute atomic E-state index is 12.5. The van der Waals surface area contributed by atoms with Crippen LogP contribution in [-0.4, -0.2) is 42.1 Å². The van der Waals surface area contributed by atoms with Crippen molar-refractivity contribution >= 4 is 29.0 Å². The molecule has 0 atom stereocenters. The fourth-order valence-corrected chi connectivity index (χ4v) is 5.64. The Morgan fingerprint density at radius 1 is 1.03 bits per heavy atom. The SMILES string of the molecule is O=C1CCCCCN1Cc1nnc(SCc2csc(-c3ccccc3)n2)n1-c1cccnc1. The van der Waals surface area contributed by atoms with Crippen molar-refractivity contribution in [1.82, 2.24) is 29.6 Å². The third-order valence-corrected chi connectivity index (χ3v) is 7.43. The number of rotatable bonds is 7. The summed E-state index contributed by atoms with van der Waals surface area (Å²) < 4.78 is 2.01. The van der Waals surface area contributed by atoms with Gasteiger partial charge in [0.2, 0.25) is 5.91 Å². The number of nitrogens with zero attached hydrogens (tertiary/aromatic N) is 6. The lowest BCUT2D eigenvalue weighted by atomic mass is 10.2. The number of hydrogen-bond donors (Lipinski definition) is 0. The molecular weight excluding hydrogens is 452 g/mol. The van der Waals surface area contributed by atoms with E-state index in [0.29, 0.717) is 18.7 Å².